The average molecular weight is 401 g/mol. The summed E-state index contributed by atoms with van der Waals surface area (Å²) in [4.78, 5) is 17.3. The van der Waals surface area contributed by atoms with E-state index in [-0.39, 0.29) is 6.04 Å². The van der Waals surface area contributed by atoms with E-state index in [0.29, 0.717) is 6.54 Å². The fourth-order valence-electron chi connectivity index (χ4n) is 3.07. The summed E-state index contributed by atoms with van der Waals surface area (Å²) in [6, 6.07) is 29.9. The van der Waals surface area contributed by atoms with Crippen molar-refractivity contribution in [3.05, 3.63) is 108 Å². The molecule has 1 unspecified atom stereocenters. The number of ether oxygens (including phenoxy) is 1. The summed E-state index contributed by atoms with van der Waals surface area (Å²) in [6.07, 6.45) is -0.445. The minimum atomic E-state index is -0.547. The van der Waals surface area contributed by atoms with Crippen molar-refractivity contribution in [3.8, 4) is 0 Å². The van der Waals surface area contributed by atoms with Gasteiger partial charge in [-0.15, -0.1) is 0 Å². The second-order valence-electron chi connectivity index (χ2n) is 8.02. The second kappa shape index (κ2) is 9.88. The highest BCUT2D eigenvalue weighted by atomic mass is 16.6. The Bertz CT molecular complexity index is 921. The van der Waals surface area contributed by atoms with Crippen molar-refractivity contribution < 1.29 is 9.53 Å². The molecule has 0 aromatic heterocycles. The number of benzene rings is 3. The highest BCUT2D eigenvalue weighted by molar-refractivity contribution is 6.13. The topological polar surface area (TPSA) is 50.7 Å². The monoisotopic (exact) mass is 400 g/mol. The molecular formula is C26H28N2O2. The van der Waals surface area contributed by atoms with Gasteiger partial charge in [-0.1, -0.05) is 91.0 Å². The lowest BCUT2D eigenvalue weighted by Gasteiger charge is -2.21. The highest BCUT2D eigenvalue weighted by Gasteiger charge is 2.19. The van der Waals surface area contributed by atoms with Crippen LogP contribution in [0.5, 0.6) is 0 Å². The number of nitrogens with one attached hydrogen (secondary N) is 1. The van der Waals surface area contributed by atoms with Crippen molar-refractivity contribution in [2.24, 2.45) is 4.99 Å². The standard InChI is InChI=1S/C26H28N2O2/c1-26(2,3)30-25(29)27-19-23(20-13-7-4-8-14-20)28-24(21-15-9-5-10-16-21)22-17-11-6-12-18-22/h4-18,23H,19H2,1-3H3,(H,27,29). The van der Waals surface area contributed by atoms with Gasteiger partial charge in [0.15, 0.2) is 0 Å². The van der Waals surface area contributed by atoms with Gasteiger partial charge in [-0.05, 0) is 26.3 Å². The van der Waals surface area contributed by atoms with Gasteiger partial charge in [0, 0.05) is 17.7 Å². The van der Waals surface area contributed by atoms with Crippen LogP contribution >= 0.6 is 0 Å². The Morgan fingerprint density at radius 1 is 0.833 bits per heavy atom. The zero-order valence-electron chi connectivity index (χ0n) is 17.7. The van der Waals surface area contributed by atoms with Crippen LogP contribution in [0.15, 0.2) is 96.0 Å². The molecule has 0 heterocycles. The van der Waals surface area contributed by atoms with Gasteiger partial charge in [0.1, 0.15) is 5.60 Å². The number of carbonyl (C=O) groups is 1. The summed E-state index contributed by atoms with van der Waals surface area (Å²) in [7, 11) is 0. The molecule has 1 atom stereocenters. The van der Waals surface area contributed by atoms with Crippen molar-refractivity contribution >= 4 is 11.8 Å². The summed E-state index contributed by atoms with van der Waals surface area (Å²) in [5, 5.41) is 2.88. The molecule has 1 N–H and O–H groups in total. The Hall–Kier alpha value is -3.40. The van der Waals surface area contributed by atoms with Gasteiger partial charge in [0.2, 0.25) is 0 Å². The SMILES string of the molecule is CC(C)(C)OC(=O)NCC(N=C(c1ccccc1)c1ccccc1)c1ccccc1. The number of aliphatic imine (C=N–C) groups is 1. The van der Waals surface area contributed by atoms with Gasteiger partial charge in [0.25, 0.3) is 0 Å². The zero-order chi connectivity index (χ0) is 21.4. The molecule has 3 aromatic carbocycles. The van der Waals surface area contributed by atoms with Gasteiger partial charge in [-0.25, -0.2) is 4.79 Å². The molecule has 3 rings (SSSR count). The van der Waals surface area contributed by atoms with E-state index in [1.165, 1.54) is 0 Å². The second-order valence-corrected chi connectivity index (χ2v) is 8.02. The van der Waals surface area contributed by atoms with Gasteiger partial charge in [-0.3, -0.25) is 4.99 Å². The van der Waals surface area contributed by atoms with Crippen LogP contribution < -0.4 is 5.32 Å². The van der Waals surface area contributed by atoms with Crippen molar-refractivity contribution in [1.82, 2.24) is 5.32 Å². The van der Waals surface area contributed by atoms with E-state index in [4.69, 9.17) is 9.73 Å². The molecule has 30 heavy (non-hydrogen) atoms. The molecule has 0 fully saturated rings. The van der Waals surface area contributed by atoms with Crippen LogP contribution in [-0.4, -0.2) is 24.0 Å². The van der Waals surface area contributed by atoms with Crippen LogP contribution in [-0.2, 0) is 4.74 Å². The lowest BCUT2D eigenvalue weighted by atomic mass is 10.0. The van der Waals surface area contributed by atoms with Crippen LogP contribution in [0, 0.1) is 0 Å². The number of amides is 1. The zero-order valence-corrected chi connectivity index (χ0v) is 17.7. The number of alkyl carbamates (subject to hydrolysis) is 1. The molecule has 0 aliphatic heterocycles. The van der Waals surface area contributed by atoms with E-state index in [9.17, 15) is 4.79 Å². The minimum absolute atomic E-state index is 0.255. The molecule has 3 aromatic rings. The summed E-state index contributed by atoms with van der Waals surface area (Å²) in [6.45, 7) is 5.88. The minimum Gasteiger partial charge on any atom is -0.444 e. The summed E-state index contributed by atoms with van der Waals surface area (Å²) >= 11 is 0. The number of nitrogens with zero attached hydrogens (tertiary/aromatic N) is 1. The predicted molar refractivity (Wildman–Crippen MR) is 122 cm³/mol. The largest absolute Gasteiger partial charge is 0.444 e. The van der Waals surface area contributed by atoms with Crippen molar-refractivity contribution in [3.63, 3.8) is 0 Å². The Labute approximate surface area is 178 Å². The number of carbonyl (C=O) groups excluding carboxylic acids is 1. The Balaban J connectivity index is 1.96. The molecule has 0 aliphatic rings. The molecule has 1 amide bonds. The van der Waals surface area contributed by atoms with Crippen LogP contribution in [0.4, 0.5) is 4.79 Å². The molecule has 0 spiro atoms. The highest BCUT2D eigenvalue weighted by Crippen LogP contribution is 2.21. The summed E-state index contributed by atoms with van der Waals surface area (Å²) < 4.78 is 5.40. The predicted octanol–water partition coefficient (Wildman–Crippen LogP) is 5.79. The van der Waals surface area contributed by atoms with E-state index in [0.717, 1.165) is 22.4 Å². The van der Waals surface area contributed by atoms with Crippen molar-refractivity contribution in [2.75, 3.05) is 6.54 Å². The van der Waals surface area contributed by atoms with E-state index in [1.54, 1.807) is 0 Å². The normalized spacial score (nSPS) is 12.0. The third kappa shape index (κ3) is 6.31. The number of rotatable bonds is 6. The quantitative estimate of drug-likeness (QED) is 0.533. The van der Waals surface area contributed by atoms with Crippen LogP contribution in [0.3, 0.4) is 0 Å². The summed E-state index contributed by atoms with van der Waals surface area (Å²) in [5.41, 5.74) is 3.42. The lowest BCUT2D eigenvalue weighted by molar-refractivity contribution is 0.0524. The fourth-order valence-corrected chi connectivity index (χ4v) is 3.07. The molecule has 154 valence electrons. The van der Waals surface area contributed by atoms with Crippen molar-refractivity contribution in [2.45, 2.75) is 32.4 Å². The Morgan fingerprint density at radius 3 is 1.77 bits per heavy atom. The molecular weight excluding hydrogens is 372 g/mol. The first-order chi connectivity index (χ1) is 14.4. The third-order valence-corrected chi connectivity index (χ3v) is 4.40. The maximum atomic E-state index is 12.2. The van der Waals surface area contributed by atoms with Gasteiger partial charge < -0.3 is 10.1 Å². The number of hydrogen-bond donors (Lipinski definition) is 1. The molecule has 0 aliphatic carbocycles. The Kier molecular flexibility index (Phi) is 7.02. The summed E-state index contributed by atoms with van der Waals surface area (Å²) in [5.74, 6) is 0. The fraction of sp³-hybridized carbons (Fsp3) is 0.231. The van der Waals surface area contributed by atoms with Gasteiger partial charge in [0.05, 0.1) is 11.8 Å². The first-order valence-electron chi connectivity index (χ1n) is 10.1. The van der Waals surface area contributed by atoms with Crippen LogP contribution in [0.25, 0.3) is 0 Å². The van der Waals surface area contributed by atoms with E-state index in [2.05, 4.69) is 29.6 Å². The maximum Gasteiger partial charge on any atom is 0.407 e. The van der Waals surface area contributed by atoms with E-state index >= 15 is 0 Å². The average Bonchev–Trinajstić information content (AvgIpc) is 2.74. The van der Waals surface area contributed by atoms with Crippen LogP contribution in [0.1, 0.15) is 43.5 Å². The Morgan fingerprint density at radius 2 is 1.30 bits per heavy atom. The molecule has 4 nitrogen and oxygen atoms in total. The lowest BCUT2D eigenvalue weighted by Crippen LogP contribution is -2.34. The molecule has 4 heteroatoms. The smallest absolute Gasteiger partial charge is 0.407 e. The maximum absolute atomic E-state index is 12.2. The van der Waals surface area contributed by atoms with Gasteiger partial charge >= 0.3 is 6.09 Å². The molecule has 0 bridgehead atoms. The molecule has 0 saturated heterocycles. The van der Waals surface area contributed by atoms with E-state index in [1.807, 2.05) is 87.5 Å². The number of hydrogen-bond acceptors (Lipinski definition) is 3. The van der Waals surface area contributed by atoms with Crippen LogP contribution in [0.2, 0.25) is 0 Å². The first kappa shape index (κ1) is 21.3. The van der Waals surface area contributed by atoms with E-state index < -0.39 is 11.7 Å². The van der Waals surface area contributed by atoms with Crippen molar-refractivity contribution in [1.29, 1.82) is 0 Å². The van der Waals surface area contributed by atoms with Gasteiger partial charge in [-0.2, -0.15) is 0 Å². The molecule has 0 saturated carbocycles. The third-order valence-electron chi connectivity index (χ3n) is 4.40. The molecule has 0 radical (unpaired) electrons. The first-order valence-corrected chi connectivity index (χ1v) is 10.1.